The molecule has 0 radical (unpaired) electrons. The summed E-state index contributed by atoms with van der Waals surface area (Å²) in [5.41, 5.74) is 1.02. The number of anilines is 1. The van der Waals surface area contributed by atoms with Crippen LogP contribution >= 0.6 is 0 Å². The van der Waals surface area contributed by atoms with Crippen molar-refractivity contribution in [2.75, 3.05) is 24.5 Å². The summed E-state index contributed by atoms with van der Waals surface area (Å²) in [4.78, 5) is 6.85. The summed E-state index contributed by atoms with van der Waals surface area (Å²) in [5.74, 6) is 1.25. The average molecular weight is 244 g/mol. The molecule has 1 N–H and O–H groups in total. The fraction of sp³-hybridized carbons (Fsp3) is 0.500. The fourth-order valence-corrected chi connectivity index (χ4v) is 2.87. The summed E-state index contributed by atoms with van der Waals surface area (Å²) >= 11 is 0. The van der Waals surface area contributed by atoms with Crippen molar-refractivity contribution < 1.29 is 0 Å². The molecule has 4 heteroatoms. The van der Waals surface area contributed by atoms with Crippen molar-refractivity contribution >= 4 is 11.5 Å². The van der Waals surface area contributed by atoms with Gasteiger partial charge in [0.1, 0.15) is 11.5 Å². The topological polar surface area (TPSA) is 32.6 Å². The molecule has 4 nitrogen and oxygen atoms in total. The lowest BCUT2D eigenvalue weighted by Crippen LogP contribution is -2.46. The normalized spacial score (nSPS) is 20.2. The second-order valence-corrected chi connectivity index (χ2v) is 4.83. The number of fused-ring (bicyclic) bond motifs is 1. The second-order valence-electron chi connectivity index (χ2n) is 4.83. The zero-order chi connectivity index (χ0) is 12.4. The number of piperidine rings is 1. The van der Waals surface area contributed by atoms with E-state index in [0.29, 0.717) is 6.04 Å². The molecule has 1 saturated heterocycles. The highest BCUT2D eigenvalue weighted by Crippen LogP contribution is 2.21. The zero-order valence-electron chi connectivity index (χ0n) is 10.8. The summed E-state index contributed by atoms with van der Waals surface area (Å²) in [6.45, 7) is 5.50. The fourth-order valence-electron chi connectivity index (χ4n) is 2.87. The van der Waals surface area contributed by atoms with Crippen LogP contribution in [0.3, 0.4) is 0 Å². The van der Waals surface area contributed by atoms with E-state index in [0.717, 1.165) is 25.3 Å². The van der Waals surface area contributed by atoms with E-state index in [1.807, 2.05) is 12.4 Å². The van der Waals surface area contributed by atoms with E-state index in [1.165, 1.54) is 18.7 Å². The Balaban J connectivity index is 1.97. The molecule has 18 heavy (non-hydrogen) atoms. The molecular formula is C14H20N4. The van der Waals surface area contributed by atoms with Crippen molar-refractivity contribution in [2.24, 2.45) is 0 Å². The predicted octanol–water partition coefficient (Wildman–Crippen LogP) is 1.91. The molecule has 1 unspecified atom stereocenters. The molecule has 3 heterocycles. The zero-order valence-corrected chi connectivity index (χ0v) is 10.8. The maximum absolute atomic E-state index is 4.36. The van der Waals surface area contributed by atoms with Crippen LogP contribution in [0, 0.1) is 0 Å². The summed E-state index contributed by atoms with van der Waals surface area (Å²) in [7, 11) is 0. The largest absolute Gasteiger partial charge is 0.354 e. The Morgan fingerprint density at radius 3 is 3.22 bits per heavy atom. The van der Waals surface area contributed by atoms with Crippen LogP contribution in [0.25, 0.3) is 5.65 Å². The highest BCUT2D eigenvalue weighted by molar-refractivity contribution is 5.52. The Bertz CT molecular complexity index is 513. The first-order valence-corrected chi connectivity index (χ1v) is 6.79. The molecule has 1 atom stereocenters. The highest BCUT2D eigenvalue weighted by Gasteiger charge is 2.21. The van der Waals surface area contributed by atoms with Crippen LogP contribution in [0.5, 0.6) is 0 Å². The van der Waals surface area contributed by atoms with E-state index in [1.54, 1.807) is 0 Å². The Kier molecular flexibility index (Phi) is 3.19. The minimum atomic E-state index is 0.594. The van der Waals surface area contributed by atoms with Gasteiger partial charge >= 0.3 is 0 Å². The molecule has 2 aromatic rings. The predicted molar refractivity (Wildman–Crippen MR) is 74.1 cm³/mol. The molecule has 0 bridgehead atoms. The van der Waals surface area contributed by atoms with Gasteiger partial charge in [0.2, 0.25) is 0 Å². The summed E-state index contributed by atoms with van der Waals surface area (Å²) in [6, 6.07) is 6.93. The number of hydrogen-bond donors (Lipinski definition) is 1. The van der Waals surface area contributed by atoms with Crippen molar-refractivity contribution in [2.45, 2.75) is 25.8 Å². The number of nitrogens with zero attached hydrogens (tertiary/aromatic N) is 3. The SMILES string of the molecule is CCN(c1cccc2nccn12)C1CCCNC1. The monoisotopic (exact) mass is 244 g/mol. The van der Waals surface area contributed by atoms with Gasteiger partial charge in [0.05, 0.1) is 0 Å². The third-order valence-corrected chi connectivity index (χ3v) is 3.75. The van der Waals surface area contributed by atoms with Crippen LogP contribution in [0.2, 0.25) is 0 Å². The van der Waals surface area contributed by atoms with E-state index < -0.39 is 0 Å². The van der Waals surface area contributed by atoms with Gasteiger partial charge in [0, 0.05) is 31.5 Å². The molecule has 0 spiro atoms. The number of nitrogens with one attached hydrogen (secondary N) is 1. The van der Waals surface area contributed by atoms with Crippen LogP contribution < -0.4 is 10.2 Å². The molecule has 0 aliphatic carbocycles. The van der Waals surface area contributed by atoms with Crippen LogP contribution in [0.15, 0.2) is 30.6 Å². The molecule has 2 aromatic heterocycles. The smallest absolute Gasteiger partial charge is 0.138 e. The first kappa shape index (κ1) is 11.5. The van der Waals surface area contributed by atoms with Crippen LogP contribution in [0.1, 0.15) is 19.8 Å². The summed E-state index contributed by atoms with van der Waals surface area (Å²) in [5, 5.41) is 3.49. The van der Waals surface area contributed by atoms with Gasteiger partial charge in [-0.2, -0.15) is 0 Å². The minimum Gasteiger partial charge on any atom is -0.354 e. The van der Waals surface area contributed by atoms with Crippen molar-refractivity contribution in [3.8, 4) is 0 Å². The highest BCUT2D eigenvalue weighted by atomic mass is 15.3. The number of imidazole rings is 1. The molecule has 3 rings (SSSR count). The van der Waals surface area contributed by atoms with Crippen molar-refractivity contribution in [1.82, 2.24) is 14.7 Å². The maximum Gasteiger partial charge on any atom is 0.138 e. The van der Waals surface area contributed by atoms with Gasteiger partial charge in [-0.25, -0.2) is 4.98 Å². The van der Waals surface area contributed by atoms with Gasteiger partial charge < -0.3 is 10.2 Å². The maximum atomic E-state index is 4.36. The summed E-state index contributed by atoms with van der Waals surface area (Å²) < 4.78 is 2.18. The van der Waals surface area contributed by atoms with Gasteiger partial charge in [-0.1, -0.05) is 6.07 Å². The Morgan fingerprint density at radius 2 is 2.44 bits per heavy atom. The molecular weight excluding hydrogens is 224 g/mol. The lowest BCUT2D eigenvalue weighted by Gasteiger charge is -2.35. The third-order valence-electron chi connectivity index (χ3n) is 3.75. The lowest BCUT2D eigenvalue weighted by molar-refractivity contribution is 0.432. The quantitative estimate of drug-likeness (QED) is 0.895. The first-order chi connectivity index (χ1) is 8.90. The van der Waals surface area contributed by atoms with Crippen molar-refractivity contribution in [3.63, 3.8) is 0 Å². The molecule has 0 aromatic carbocycles. The standard InChI is InChI=1S/C14H20N4/c1-2-17(12-5-4-8-15-11-12)14-7-3-6-13-16-9-10-18(13)14/h3,6-7,9-10,12,15H,2,4-5,8,11H2,1H3. The number of rotatable bonds is 3. The Morgan fingerprint density at radius 1 is 1.50 bits per heavy atom. The van der Waals surface area contributed by atoms with E-state index >= 15 is 0 Å². The Labute approximate surface area is 108 Å². The third kappa shape index (κ3) is 1.97. The molecule has 1 aliphatic rings. The Hall–Kier alpha value is -1.55. The van der Waals surface area contributed by atoms with Crippen molar-refractivity contribution in [1.29, 1.82) is 0 Å². The van der Waals surface area contributed by atoms with Gasteiger partial charge in [0.25, 0.3) is 0 Å². The van der Waals surface area contributed by atoms with Crippen LogP contribution in [0.4, 0.5) is 5.82 Å². The van der Waals surface area contributed by atoms with Gasteiger partial charge in [-0.05, 0) is 38.4 Å². The van der Waals surface area contributed by atoms with Gasteiger partial charge in [0.15, 0.2) is 0 Å². The molecule has 1 aliphatic heterocycles. The molecule has 1 fully saturated rings. The number of aromatic nitrogens is 2. The molecule has 96 valence electrons. The van der Waals surface area contributed by atoms with E-state index in [2.05, 4.69) is 44.7 Å². The average Bonchev–Trinajstić information content (AvgIpc) is 2.90. The second kappa shape index (κ2) is 4.98. The van der Waals surface area contributed by atoms with Crippen LogP contribution in [-0.4, -0.2) is 35.1 Å². The van der Waals surface area contributed by atoms with Crippen LogP contribution in [-0.2, 0) is 0 Å². The van der Waals surface area contributed by atoms with Crippen molar-refractivity contribution in [3.05, 3.63) is 30.6 Å². The minimum absolute atomic E-state index is 0.594. The molecule has 0 saturated carbocycles. The van der Waals surface area contributed by atoms with Gasteiger partial charge in [-0.15, -0.1) is 0 Å². The first-order valence-electron chi connectivity index (χ1n) is 6.79. The summed E-state index contributed by atoms with van der Waals surface area (Å²) in [6.07, 6.45) is 6.45. The number of likely N-dealkylation sites (N-methyl/N-ethyl adjacent to an activating group) is 1. The van der Waals surface area contributed by atoms with E-state index in [-0.39, 0.29) is 0 Å². The van der Waals surface area contributed by atoms with Gasteiger partial charge in [-0.3, -0.25) is 4.40 Å². The molecule has 0 amide bonds. The number of hydrogen-bond acceptors (Lipinski definition) is 3. The van der Waals surface area contributed by atoms with E-state index in [9.17, 15) is 0 Å². The number of pyridine rings is 1. The lowest BCUT2D eigenvalue weighted by atomic mass is 10.1. The van der Waals surface area contributed by atoms with E-state index in [4.69, 9.17) is 0 Å².